The molecule has 0 atom stereocenters. The third kappa shape index (κ3) is 9.04. The van der Waals surface area contributed by atoms with E-state index in [1.165, 1.54) is 13.0 Å². The molecule has 44 heavy (non-hydrogen) atoms. The summed E-state index contributed by atoms with van der Waals surface area (Å²) in [5.74, 6) is -2.47. The Kier molecular flexibility index (Phi) is 11.4. The summed E-state index contributed by atoms with van der Waals surface area (Å²) in [4.78, 5) is 49.7. The summed E-state index contributed by atoms with van der Waals surface area (Å²) in [5, 5.41) is 23.6. The molecule has 0 radical (unpaired) electrons. The van der Waals surface area contributed by atoms with E-state index in [-0.39, 0.29) is 40.2 Å². The maximum Gasteiger partial charge on any atom is 0.339 e. The minimum Gasteiger partial charge on any atom is -0.478 e. The number of nitriles is 1. The largest absolute Gasteiger partial charge is 0.478 e. The van der Waals surface area contributed by atoms with Crippen LogP contribution >= 0.6 is 0 Å². The number of amides is 1. The highest BCUT2D eigenvalue weighted by atomic mass is 16.7. The highest BCUT2D eigenvalue weighted by Crippen LogP contribution is 2.28. The zero-order valence-electron chi connectivity index (χ0n) is 24.0. The molecule has 0 bridgehead atoms. The number of ether oxygens (including phenoxy) is 4. The van der Waals surface area contributed by atoms with Crippen LogP contribution in [-0.2, 0) is 14.3 Å². The molecular formula is C32H29N3O9. The lowest BCUT2D eigenvalue weighted by molar-refractivity contribution is -0.133. The van der Waals surface area contributed by atoms with E-state index in [0.29, 0.717) is 17.2 Å². The van der Waals surface area contributed by atoms with Gasteiger partial charge >= 0.3 is 11.9 Å². The molecule has 0 aliphatic heterocycles. The number of nitrogens with one attached hydrogen (secondary N) is 2. The molecule has 0 aromatic heterocycles. The minimum absolute atomic E-state index is 0.0310. The zero-order valence-corrected chi connectivity index (χ0v) is 24.0. The SMILES string of the molecule is C=C(C#N)COC(=O)c1cc(C(C)=O)c(OCOCC(=C)C(=O)O)cc1C(=O)Nc1ccc(Oc2ccc(NC)cc2)cc1. The average molecular weight is 600 g/mol. The third-order valence-electron chi connectivity index (χ3n) is 5.87. The van der Waals surface area contributed by atoms with Crippen molar-refractivity contribution in [2.75, 3.05) is 37.7 Å². The van der Waals surface area contributed by atoms with Crippen molar-refractivity contribution in [3.63, 3.8) is 0 Å². The minimum atomic E-state index is -1.25. The van der Waals surface area contributed by atoms with Crippen molar-refractivity contribution in [3.05, 3.63) is 102 Å². The number of carboxylic acids is 1. The number of anilines is 2. The lowest BCUT2D eigenvalue weighted by atomic mass is 10.00. The van der Waals surface area contributed by atoms with Gasteiger partial charge in [-0.1, -0.05) is 13.2 Å². The van der Waals surface area contributed by atoms with Crippen LogP contribution < -0.4 is 20.1 Å². The number of ketones is 1. The van der Waals surface area contributed by atoms with E-state index in [1.54, 1.807) is 42.5 Å². The topological polar surface area (TPSA) is 173 Å². The van der Waals surface area contributed by atoms with Gasteiger partial charge in [-0.3, -0.25) is 9.59 Å². The molecule has 0 heterocycles. The average Bonchev–Trinajstić information content (AvgIpc) is 3.02. The number of rotatable bonds is 15. The number of nitrogens with zero attached hydrogens (tertiary/aromatic N) is 1. The molecule has 0 aliphatic carbocycles. The van der Waals surface area contributed by atoms with Crippen molar-refractivity contribution in [1.29, 1.82) is 5.26 Å². The molecule has 3 aromatic rings. The Morgan fingerprint density at radius 3 is 2.05 bits per heavy atom. The fourth-order valence-electron chi connectivity index (χ4n) is 3.56. The highest BCUT2D eigenvalue weighted by molar-refractivity contribution is 6.13. The number of carbonyl (C=O) groups excluding carboxylic acids is 3. The van der Waals surface area contributed by atoms with Crippen molar-refractivity contribution in [2.45, 2.75) is 6.92 Å². The smallest absolute Gasteiger partial charge is 0.339 e. The van der Waals surface area contributed by atoms with E-state index >= 15 is 0 Å². The molecule has 3 rings (SSSR count). The highest BCUT2D eigenvalue weighted by Gasteiger charge is 2.24. The van der Waals surface area contributed by atoms with Gasteiger partial charge in [-0.25, -0.2) is 9.59 Å². The van der Waals surface area contributed by atoms with Crippen LogP contribution in [0.1, 0.15) is 38.0 Å². The molecule has 3 aromatic carbocycles. The van der Waals surface area contributed by atoms with Crippen molar-refractivity contribution in [1.82, 2.24) is 0 Å². The Bertz CT molecular complexity index is 1620. The van der Waals surface area contributed by atoms with Crippen LogP contribution in [0.15, 0.2) is 85.0 Å². The molecule has 0 saturated heterocycles. The molecule has 0 fully saturated rings. The van der Waals surface area contributed by atoms with Crippen LogP contribution in [0.4, 0.5) is 11.4 Å². The van der Waals surface area contributed by atoms with Crippen molar-refractivity contribution in [3.8, 4) is 23.3 Å². The Balaban J connectivity index is 1.86. The molecule has 12 nitrogen and oxygen atoms in total. The summed E-state index contributed by atoms with van der Waals surface area (Å²) >= 11 is 0. The fourth-order valence-corrected chi connectivity index (χ4v) is 3.56. The van der Waals surface area contributed by atoms with Gasteiger partial charge in [0.15, 0.2) is 12.6 Å². The van der Waals surface area contributed by atoms with Crippen LogP contribution in [-0.4, -0.2) is 55.8 Å². The molecule has 0 unspecified atom stereocenters. The summed E-state index contributed by atoms with van der Waals surface area (Å²) < 4.78 is 21.6. The molecule has 3 N–H and O–H groups in total. The molecule has 12 heteroatoms. The van der Waals surface area contributed by atoms with Gasteiger partial charge in [0.05, 0.1) is 40.5 Å². The first-order valence-electron chi connectivity index (χ1n) is 12.9. The number of carboxylic acid groups (broad SMARTS) is 1. The van der Waals surface area contributed by atoms with Crippen LogP contribution in [0.25, 0.3) is 0 Å². The number of Topliss-reactive ketones (excluding diaryl/α,β-unsaturated/α-hetero) is 1. The van der Waals surface area contributed by atoms with E-state index in [9.17, 15) is 19.2 Å². The second kappa shape index (κ2) is 15.3. The standard InChI is InChI=1S/C32H29N3O9/c1-19(15-33)16-42-32(40)28-13-26(21(3)36)29(43-18-41-17-20(2)31(38)39)14-27(28)30(37)35-23-7-11-25(12-8-23)44-24-9-5-22(34-4)6-10-24/h5-14,34H,1-2,16-18H2,3-4H3,(H,35,37)(H,38,39). The maximum absolute atomic E-state index is 13.4. The molecular weight excluding hydrogens is 570 g/mol. The van der Waals surface area contributed by atoms with Crippen molar-refractivity contribution < 1.29 is 43.2 Å². The van der Waals surface area contributed by atoms with Crippen molar-refractivity contribution >= 4 is 35.0 Å². The lowest BCUT2D eigenvalue weighted by Gasteiger charge is -2.16. The van der Waals surface area contributed by atoms with Gasteiger partial charge in [-0.15, -0.1) is 0 Å². The Hall–Kier alpha value is -5.93. The van der Waals surface area contributed by atoms with E-state index in [4.69, 9.17) is 29.3 Å². The summed E-state index contributed by atoms with van der Waals surface area (Å²) in [6.45, 7) is 6.76. The van der Waals surface area contributed by atoms with Gasteiger partial charge in [-0.2, -0.15) is 5.26 Å². The van der Waals surface area contributed by atoms with Gasteiger partial charge in [0, 0.05) is 18.4 Å². The number of carbonyl (C=O) groups is 4. The van der Waals surface area contributed by atoms with Gasteiger partial charge < -0.3 is 34.7 Å². The first-order chi connectivity index (χ1) is 21.0. The molecule has 0 spiro atoms. The number of hydrogen-bond donors (Lipinski definition) is 3. The summed E-state index contributed by atoms with van der Waals surface area (Å²) in [6, 6.07) is 17.8. The van der Waals surface area contributed by atoms with E-state index in [2.05, 4.69) is 23.8 Å². The molecule has 226 valence electrons. The third-order valence-corrected chi connectivity index (χ3v) is 5.87. The number of aliphatic carboxylic acids is 1. The van der Waals surface area contributed by atoms with E-state index < -0.39 is 37.0 Å². The summed E-state index contributed by atoms with van der Waals surface area (Å²) in [6.07, 6.45) is 0. The Morgan fingerprint density at radius 2 is 1.50 bits per heavy atom. The van der Waals surface area contributed by atoms with Crippen molar-refractivity contribution in [2.24, 2.45) is 0 Å². The second-order valence-corrected chi connectivity index (χ2v) is 9.12. The Morgan fingerprint density at radius 1 is 0.886 bits per heavy atom. The van der Waals surface area contributed by atoms with Crippen LogP contribution in [0, 0.1) is 11.3 Å². The van der Waals surface area contributed by atoms with Crippen LogP contribution in [0.5, 0.6) is 17.2 Å². The first kappa shape index (κ1) is 32.6. The molecule has 0 saturated carbocycles. The van der Waals surface area contributed by atoms with Gasteiger partial charge in [-0.05, 0) is 67.6 Å². The zero-order chi connectivity index (χ0) is 32.2. The van der Waals surface area contributed by atoms with Crippen LogP contribution in [0.2, 0.25) is 0 Å². The van der Waals surface area contributed by atoms with Gasteiger partial charge in [0.1, 0.15) is 23.9 Å². The van der Waals surface area contributed by atoms with E-state index in [1.807, 2.05) is 19.2 Å². The first-order valence-corrected chi connectivity index (χ1v) is 12.9. The van der Waals surface area contributed by atoms with Crippen LogP contribution in [0.3, 0.4) is 0 Å². The molecule has 0 aliphatic rings. The number of benzene rings is 3. The quantitative estimate of drug-likeness (QED) is 0.0523. The number of hydrogen-bond acceptors (Lipinski definition) is 10. The normalized spacial score (nSPS) is 10.1. The maximum atomic E-state index is 13.4. The van der Waals surface area contributed by atoms with E-state index in [0.717, 1.165) is 11.8 Å². The summed E-state index contributed by atoms with van der Waals surface area (Å²) in [5.41, 5.74) is 0.483. The molecule has 1 amide bonds. The lowest BCUT2D eigenvalue weighted by Crippen LogP contribution is -2.20. The summed E-state index contributed by atoms with van der Waals surface area (Å²) in [7, 11) is 1.81. The predicted octanol–water partition coefficient (Wildman–Crippen LogP) is 5.21. The monoisotopic (exact) mass is 599 g/mol. The predicted molar refractivity (Wildman–Crippen MR) is 160 cm³/mol. The van der Waals surface area contributed by atoms with Gasteiger partial charge in [0.25, 0.3) is 5.91 Å². The number of esters is 1. The second-order valence-electron chi connectivity index (χ2n) is 9.12. The Labute approximate surface area is 253 Å². The van der Waals surface area contributed by atoms with Gasteiger partial charge in [0.2, 0.25) is 0 Å². The fraction of sp³-hybridized carbons (Fsp3) is 0.156.